The molecule has 0 saturated heterocycles. The van der Waals surface area contributed by atoms with Crippen LogP contribution in [0.25, 0.3) is 6.08 Å². The predicted molar refractivity (Wildman–Crippen MR) is 137 cm³/mol. The number of nitrogens with one attached hydrogen (secondary N) is 2. The lowest BCUT2D eigenvalue weighted by molar-refractivity contribution is -0.116. The molecule has 9 nitrogen and oxygen atoms in total. The number of hydrogen-bond donors (Lipinski definition) is 2. The minimum atomic E-state index is -0.283. The number of rotatable bonds is 10. The third-order valence-corrected chi connectivity index (χ3v) is 6.23. The lowest BCUT2D eigenvalue weighted by Crippen LogP contribution is -2.22. The summed E-state index contributed by atoms with van der Waals surface area (Å²) in [6, 6.07) is 10.6. The molecule has 2 N–H and O–H groups in total. The van der Waals surface area contributed by atoms with Crippen molar-refractivity contribution in [2.45, 2.75) is 18.6 Å². The van der Waals surface area contributed by atoms with E-state index in [1.165, 1.54) is 17.8 Å². The quantitative estimate of drug-likeness (QED) is 0.312. The molecule has 0 aliphatic heterocycles. The van der Waals surface area contributed by atoms with Gasteiger partial charge in [0.25, 0.3) is 0 Å². The molecule has 0 aliphatic carbocycles. The number of aromatic nitrogens is 3. The van der Waals surface area contributed by atoms with Crippen LogP contribution in [-0.2, 0) is 23.2 Å². The zero-order valence-electron chi connectivity index (χ0n) is 19.8. The van der Waals surface area contributed by atoms with Gasteiger partial charge in [0.2, 0.25) is 11.8 Å². The Hall–Kier alpha value is -3.50. The molecule has 35 heavy (non-hydrogen) atoms. The normalized spacial score (nSPS) is 10.9. The number of thioether (sulfide) groups is 1. The van der Waals surface area contributed by atoms with E-state index in [0.717, 1.165) is 11.1 Å². The summed E-state index contributed by atoms with van der Waals surface area (Å²) >= 11 is 7.21. The molecule has 184 valence electrons. The third-order valence-electron chi connectivity index (χ3n) is 4.98. The van der Waals surface area contributed by atoms with Gasteiger partial charge < -0.3 is 24.7 Å². The topological polar surface area (TPSA) is 107 Å². The highest BCUT2D eigenvalue weighted by Gasteiger charge is 2.13. The van der Waals surface area contributed by atoms with Crippen molar-refractivity contribution >= 4 is 46.9 Å². The predicted octanol–water partition coefficient (Wildman–Crippen LogP) is 3.85. The molecule has 0 atom stereocenters. The van der Waals surface area contributed by atoms with E-state index >= 15 is 0 Å². The van der Waals surface area contributed by atoms with Gasteiger partial charge in [-0.25, -0.2) is 0 Å². The summed E-state index contributed by atoms with van der Waals surface area (Å²) in [7, 11) is 4.90. The van der Waals surface area contributed by atoms with Crippen molar-refractivity contribution in [2.75, 3.05) is 25.3 Å². The summed E-state index contributed by atoms with van der Waals surface area (Å²) in [6.45, 7) is 2.07. The molecule has 0 fully saturated rings. The average Bonchev–Trinajstić information content (AvgIpc) is 3.20. The van der Waals surface area contributed by atoms with E-state index in [-0.39, 0.29) is 24.1 Å². The number of aryl methyl sites for hydroxylation is 1. The van der Waals surface area contributed by atoms with Crippen LogP contribution in [0.2, 0.25) is 5.02 Å². The van der Waals surface area contributed by atoms with E-state index in [1.54, 1.807) is 62.2 Å². The first kappa shape index (κ1) is 26.1. The maximum absolute atomic E-state index is 12.3. The standard InChI is InChI=1S/C24H26ClN5O4S/c1-15-11-17(25)7-8-18(15)27-23(32)14-35-24-29-28-21(30(24)2)13-26-22(31)10-6-16-5-9-19(33-3)20(12-16)34-4/h5-12H,13-14H2,1-4H3,(H,26,31)(H,27,32)/b10-6+. The number of anilines is 1. The SMILES string of the molecule is COc1ccc(/C=C/C(=O)NCc2nnc(SCC(=O)Nc3ccc(Cl)cc3C)n2C)cc1OC. The van der Waals surface area contributed by atoms with E-state index < -0.39 is 0 Å². The fourth-order valence-corrected chi connectivity index (χ4v) is 4.02. The summed E-state index contributed by atoms with van der Waals surface area (Å²) in [5.41, 5.74) is 2.39. The molecule has 0 spiro atoms. The van der Waals surface area contributed by atoms with Crippen molar-refractivity contribution in [1.29, 1.82) is 0 Å². The second-order valence-corrected chi connectivity index (χ2v) is 8.80. The van der Waals surface area contributed by atoms with Crippen LogP contribution >= 0.6 is 23.4 Å². The van der Waals surface area contributed by atoms with Crippen molar-refractivity contribution in [3.8, 4) is 11.5 Å². The Bertz CT molecular complexity index is 1240. The second-order valence-electron chi connectivity index (χ2n) is 7.42. The summed E-state index contributed by atoms with van der Waals surface area (Å²) in [5.74, 6) is 1.47. The van der Waals surface area contributed by atoms with E-state index in [0.29, 0.717) is 33.2 Å². The number of nitrogens with zero attached hydrogens (tertiary/aromatic N) is 3. The summed E-state index contributed by atoms with van der Waals surface area (Å²) < 4.78 is 12.2. The summed E-state index contributed by atoms with van der Waals surface area (Å²) in [6.07, 6.45) is 3.10. The van der Waals surface area contributed by atoms with Gasteiger partial charge in [-0.3, -0.25) is 9.59 Å². The first-order chi connectivity index (χ1) is 16.8. The van der Waals surface area contributed by atoms with E-state index in [4.69, 9.17) is 21.1 Å². The average molecular weight is 516 g/mol. The second kappa shape index (κ2) is 12.3. The van der Waals surface area contributed by atoms with Crippen LogP contribution < -0.4 is 20.1 Å². The van der Waals surface area contributed by atoms with Crippen LogP contribution in [0.1, 0.15) is 17.0 Å². The minimum absolute atomic E-state index is 0.161. The fourth-order valence-electron chi connectivity index (χ4n) is 3.06. The van der Waals surface area contributed by atoms with Crippen molar-refractivity contribution < 1.29 is 19.1 Å². The van der Waals surface area contributed by atoms with E-state index in [9.17, 15) is 9.59 Å². The van der Waals surface area contributed by atoms with Gasteiger partial charge in [-0.15, -0.1) is 10.2 Å². The highest BCUT2D eigenvalue weighted by atomic mass is 35.5. The Labute approximate surface area is 212 Å². The number of hydrogen-bond acceptors (Lipinski definition) is 7. The number of ether oxygens (including phenoxy) is 2. The Morgan fingerprint density at radius 2 is 1.89 bits per heavy atom. The van der Waals surface area contributed by atoms with Crippen molar-refractivity contribution in [2.24, 2.45) is 7.05 Å². The molecule has 3 rings (SSSR count). The van der Waals surface area contributed by atoms with Crippen molar-refractivity contribution in [1.82, 2.24) is 20.1 Å². The van der Waals surface area contributed by atoms with Gasteiger partial charge >= 0.3 is 0 Å². The number of amides is 2. The monoisotopic (exact) mass is 515 g/mol. The molecule has 0 radical (unpaired) electrons. The zero-order valence-corrected chi connectivity index (χ0v) is 21.4. The maximum Gasteiger partial charge on any atom is 0.244 e. The largest absolute Gasteiger partial charge is 0.493 e. The highest BCUT2D eigenvalue weighted by molar-refractivity contribution is 7.99. The Morgan fingerprint density at radius 3 is 2.60 bits per heavy atom. The van der Waals surface area contributed by atoms with E-state index in [2.05, 4.69) is 20.8 Å². The minimum Gasteiger partial charge on any atom is -0.493 e. The number of carbonyl (C=O) groups is 2. The van der Waals surface area contributed by atoms with E-state index in [1.807, 2.05) is 13.0 Å². The first-order valence-corrected chi connectivity index (χ1v) is 11.9. The first-order valence-electron chi connectivity index (χ1n) is 10.6. The molecular weight excluding hydrogens is 490 g/mol. The van der Waals surface area contributed by atoms with Crippen LogP contribution in [0, 0.1) is 6.92 Å². The van der Waals surface area contributed by atoms with Crippen LogP contribution in [0.3, 0.4) is 0 Å². The number of halogens is 1. The molecule has 0 unspecified atom stereocenters. The molecule has 0 bridgehead atoms. The summed E-state index contributed by atoms with van der Waals surface area (Å²) in [4.78, 5) is 24.6. The number of carbonyl (C=O) groups excluding carboxylic acids is 2. The number of benzene rings is 2. The van der Waals surface area contributed by atoms with Gasteiger partial charge in [-0.2, -0.15) is 0 Å². The van der Waals surface area contributed by atoms with Gasteiger partial charge in [-0.05, 0) is 54.5 Å². The lowest BCUT2D eigenvalue weighted by atomic mass is 10.2. The molecular formula is C24H26ClN5O4S. The lowest BCUT2D eigenvalue weighted by Gasteiger charge is -2.08. The Morgan fingerprint density at radius 1 is 1.11 bits per heavy atom. The Kier molecular flexibility index (Phi) is 9.16. The zero-order chi connectivity index (χ0) is 25.4. The fraction of sp³-hybridized carbons (Fsp3) is 0.250. The Balaban J connectivity index is 1.50. The van der Waals surface area contributed by atoms with Crippen LogP contribution in [0.15, 0.2) is 47.6 Å². The van der Waals surface area contributed by atoms with Crippen molar-refractivity contribution in [3.05, 3.63) is 64.4 Å². The molecule has 0 saturated carbocycles. The highest BCUT2D eigenvalue weighted by Crippen LogP contribution is 2.28. The molecule has 3 aromatic rings. The smallest absolute Gasteiger partial charge is 0.244 e. The van der Waals surface area contributed by atoms with Crippen molar-refractivity contribution in [3.63, 3.8) is 0 Å². The molecule has 1 heterocycles. The molecule has 1 aromatic heterocycles. The van der Waals surface area contributed by atoms with Gasteiger partial charge in [-0.1, -0.05) is 29.4 Å². The van der Waals surface area contributed by atoms with Gasteiger partial charge in [0.15, 0.2) is 22.5 Å². The third kappa shape index (κ3) is 7.24. The molecule has 11 heteroatoms. The summed E-state index contributed by atoms with van der Waals surface area (Å²) in [5, 5.41) is 15.0. The van der Waals surface area contributed by atoms with Gasteiger partial charge in [0, 0.05) is 23.8 Å². The van der Waals surface area contributed by atoms with Crippen LogP contribution in [-0.4, -0.2) is 46.6 Å². The number of methoxy groups -OCH3 is 2. The molecule has 2 aromatic carbocycles. The van der Waals surface area contributed by atoms with Gasteiger partial charge in [0.05, 0.1) is 26.5 Å². The van der Waals surface area contributed by atoms with Gasteiger partial charge in [0.1, 0.15) is 0 Å². The van der Waals surface area contributed by atoms with Crippen LogP contribution in [0.4, 0.5) is 5.69 Å². The molecule has 2 amide bonds. The molecule has 0 aliphatic rings. The van der Waals surface area contributed by atoms with Crippen LogP contribution in [0.5, 0.6) is 11.5 Å². The maximum atomic E-state index is 12.3.